The number of aromatic nitrogens is 1. The molecule has 0 aliphatic carbocycles. The van der Waals surface area contributed by atoms with E-state index in [1.165, 1.54) is 0 Å². The number of alkyl carbamates (subject to hydrolysis) is 1. The molecule has 2 N–H and O–H groups in total. The molecule has 2 amide bonds. The molecule has 3 rings (SSSR count). The third kappa shape index (κ3) is 8.27. The number of hydrogen-bond acceptors (Lipinski definition) is 7. The normalized spacial score (nSPS) is 14.1. The summed E-state index contributed by atoms with van der Waals surface area (Å²) in [6.45, 7) is 15.9. The van der Waals surface area contributed by atoms with Gasteiger partial charge in [0.1, 0.15) is 36.1 Å². The molecule has 2 aromatic rings. The highest BCUT2D eigenvalue weighted by Crippen LogP contribution is 2.39. The molecule has 1 aromatic carbocycles. The van der Waals surface area contributed by atoms with Crippen LogP contribution in [0.5, 0.6) is 11.5 Å². The van der Waals surface area contributed by atoms with Gasteiger partial charge in [0.15, 0.2) is 0 Å². The molecule has 9 heteroatoms. The minimum atomic E-state index is -0.619. The van der Waals surface area contributed by atoms with Gasteiger partial charge in [-0.2, -0.15) is 0 Å². The number of amides is 2. The van der Waals surface area contributed by atoms with E-state index in [0.717, 1.165) is 23.1 Å². The van der Waals surface area contributed by atoms with Crippen molar-refractivity contribution in [3.05, 3.63) is 36.0 Å². The minimum absolute atomic E-state index is 0.234. The standard InChI is InChI=1S/C28H39N3O6/c1-17(2)13-28(8,31-26(33)37-27(5,6)7)16-35-20-9-10-21-19(11-20)15-34-23-14-29-24(12-22(21)23)30-25(32)36-18(3)4/h9-12,14,17-18H,13,15-16H2,1-8H3,(H,31,33)(H,29,30,32). The number of pyridine rings is 1. The van der Waals surface area contributed by atoms with E-state index in [4.69, 9.17) is 18.9 Å². The average molecular weight is 514 g/mol. The molecule has 0 spiro atoms. The van der Waals surface area contributed by atoms with Gasteiger partial charge < -0.3 is 24.3 Å². The number of nitrogens with zero attached hydrogens (tertiary/aromatic N) is 1. The smallest absolute Gasteiger partial charge is 0.413 e. The summed E-state index contributed by atoms with van der Waals surface area (Å²) in [5.74, 6) is 2.01. The molecule has 0 fully saturated rings. The van der Waals surface area contributed by atoms with Crippen molar-refractivity contribution in [2.75, 3.05) is 11.9 Å². The zero-order chi connectivity index (χ0) is 27.4. The molecular weight excluding hydrogens is 474 g/mol. The molecule has 1 atom stereocenters. The quantitative estimate of drug-likeness (QED) is 0.426. The number of hydrogen-bond donors (Lipinski definition) is 2. The van der Waals surface area contributed by atoms with Gasteiger partial charge in [0.2, 0.25) is 0 Å². The van der Waals surface area contributed by atoms with E-state index in [9.17, 15) is 9.59 Å². The molecule has 0 saturated carbocycles. The molecule has 0 bridgehead atoms. The molecular formula is C28H39N3O6. The molecule has 1 aliphatic rings. The Labute approximate surface area is 219 Å². The highest BCUT2D eigenvalue weighted by molar-refractivity contribution is 5.86. The average Bonchev–Trinajstić information content (AvgIpc) is 2.74. The summed E-state index contributed by atoms with van der Waals surface area (Å²) in [5.41, 5.74) is 1.52. The third-order valence-corrected chi connectivity index (χ3v) is 5.41. The fourth-order valence-electron chi connectivity index (χ4n) is 4.22. The Hall–Kier alpha value is -3.49. The van der Waals surface area contributed by atoms with E-state index in [2.05, 4.69) is 29.5 Å². The summed E-state index contributed by atoms with van der Waals surface area (Å²) in [4.78, 5) is 28.7. The number of nitrogens with one attached hydrogen (secondary N) is 2. The van der Waals surface area contributed by atoms with Crippen molar-refractivity contribution in [3.63, 3.8) is 0 Å². The van der Waals surface area contributed by atoms with Crippen molar-refractivity contribution < 1.29 is 28.5 Å². The molecule has 2 heterocycles. The second-order valence-corrected chi connectivity index (χ2v) is 11.3. The fourth-order valence-corrected chi connectivity index (χ4v) is 4.22. The summed E-state index contributed by atoms with van der Waals surface area (Å²) in [6, 6.07) is 7.54. The highest BCUT2D eigenvalue weighted by Gasteiger charge is 2.31. The summed E-state index contributed by atoms with van der Waals surface area (Å²) >= 11 is 0. The van der Waals surface area contributed by atoms with Crippen molar-refractivity contribution in [1.82, 2.24) is 10.3 Å². The van der Waals surface area contributed by atoms with Crippen molar-refractivity contribution in [1.29, 1.82) is 0 Å². The molecule has 1 aliphatic heterocycles. The van der Waals surface area contributed by atoms with Crippen LogP contribution in [-0.2, 0) is 16.1 Å². The van der Waals surface area contributed by atoms with Crippen molar-refractivity contribution in [2.24, 2.45) is 5.92 Å². The van der Waals surface area contributed by atoms with Crippen molar-refractivity contribution in [2.45, 2.75) is 85.7 Å². The Morgan fingerprint density at radius 1 is 1.05 bits per heavy atom. The maximum atomic E-state index is 12.5. The van der Waals surface area contributed by atoms with Gasteiger partial charge in [0.25, 0.3) is 0 Å². The van der Waals surface area contributed by atoms with Gasteiger partial charge in [-0.3, -0.25) is 5.32 Å². The summed E-state index contributed by atoms with van der Waals surface area (Å²) in [7, 11) is 0. The largest absolute Gasteiger partial charge is 0.491 e. The number of anilines is 1. The zero-order valence-corrected chi connectivity index (χ0v) is 23.1. The maximum absolute atomic E-state index is 12.5. The Morgan fingerprint density at radius 3 is 2.43 bits per heavy atom. The monoisotopic (exact) mass is 513 g/mol. The predicted molar refractivity (Wildman–Crippen MR) is 142 cm³/mol. The van der Waals surface area contributed by atoms with Crippen LogP contribution in [-0.4, -0.2) is 41.0 Å². The van der Waals surface area contributed by atoms with E-state index < -0.39 is 23.3 Å². The lowest BCUT2D eigenvalue weighted by molar-refractivity contribution is 0.0408. The van der Waals surface area contributed by atoms with E-state index in [-0.39, 0.29) is 12.7 Å². The van der Waals surface area contributed by atoms with Gasteiger partial charge in [-0.05, 0) is 77.6 Å². The number of carbonyl (C=O) groups excluding carboxylic acids is 2. The number of fused-ring (bicyclic) bond motifs is 3. The molecule has 37 heavy (non-hydrogen) atoms. The van der Waals surface area contributed by atoms with Crippen LogP contribution in [0.3, 0.4) is 0 Å². The lowest BCUT2D eigenvalue weighted by Gasteiger charge is -2.33. The van der Waals surface area contributed by atoms with Crippen LogP contribution in [0.15, 0.2) is 30.5 Å². The van der Waals surface area contributed by atoms with Gasteiger partial charge >= 0.3 is 12.2 Å². The zero-order valence-electron chi connectivity index (χ0n) is 23.1. The number of rotatable bonds is 8. The van der Waals surface area contributed by atoms with Crippen LogP contribution >= 0.6 is 0 Å². The molecule has 0 saturated heterocycles. The molecule has 1 unspecified atom stereocenters. The first-order valence-corrected chi connectivity index (χ1v) is 12.6. The van der Waals surface area contributed by atoms with Crippen LogP contribution in [0, 0.1) is 5.92 Å². The number of ether oxygens (including phenoxy) is 4. The van der Waals surface area contributed by atoms with Gasteiger partial charge in [-0.1, -0.05) is 19.9 Å². The Balaban J connectivity index is 1.75. The first kappa shape index (κ1) is 28.1. The van der Waals surface area contributed by atoms with Gasteiger partial charge in [-0.15, -0.1) is 0 Å². The maximum Gasteiger partial charge on any atom is 0.413 e. The number of benzene rings is 1. The Kier molecular flexibility index (Phi) is 8.56. The topological polar surface area (TPSA) is 108 Å². The Morgan fingerprint density at radius 2 is 1.78 bits per heavy atom. The molecule has 0 radical (unpaired) electrons. The van der Waals surface area contributed by atoms with E-state index in [1.807, 2.05) is 45.9 Å². The molecule has 1 aromatic heterocycles. The van der Waals surface area contributed by atoms with Crippen molar-refractivity contribution >= 4 is 18.0 Å². The van der Waals surface area contributed by atoms with Crippen LogP contribution in [0.4, 0.5) is 15.4 Å². The predicted octanol–water partition coefficient (Wildman–Crippen LogP) is 6.31. The lowest BCUT2D eigenvalue weighted by Crippen LogP contribution is -2.52. The summed E-state index contributed by atoms with van der Waals surface area (Å²) in [6.07, 6.45) is 1.04. The van der Waals surface area contributed by atoms with Crippen molar-refractivity contribution in [3.8, 4) is 22.6 Å². The van der Waals surface area contributed by atoms with E-state index >= 15 is 0 Å². The van der Waals surface area contributed by atoms with Gasteiger partial charge in [-0.25, -0.2) is 14.6 Å². The van der Waals surface area contributed by atoms with Gasteiger partial charge in [0, 0.05) is 11.1 Å². The first-order valence-electron chi connectivity index (χ1n) is 12.6. The van der Waals surface area contributed by atoms with Crippen LogP contribution in [0.1, 0.15) is 67.4 Å². The summed E-state index contributed by atoms with van der Waals surface area (Å²) < 4.78 is 22.7. The molecule has 9 nitrogen and oxygen atoms in total. The molecule has 202 valence electrons. The van der Waals surface area contributed by atoms with E-state index in [1.54, 1.807) is 26.1 Å². The summed E-state index contributed by atoms with van der Waals surface area (Å²) in [5, 5.41) is 5.65. The van der Waals surface area contributed by atoms with Crippen LogP contribution in [0.25, 0.3) is 11.1 Å². The highest BCUT2D eigenvalue weighted by atomic mass is 16.6. The second kappa shape index (κ2) is 11.3. The fraction of sp³-hybridized carbons (Fsp3) is 0.536. The SMILES string of the molecule is CC(C)CC(C)(COc1ccc2c(c1)COc1cnc(NC(=O)OC(C)C)cc1-2)NC(=O)OC(C)(C)C. The van der Waals surface area contributed by atoms with Crippen LogP contribution in [0.2, 0.25) is 0 Å². The number of carbonyl (C=O) groups is 2. The second-order valence-electron chi connectivity index (χ2n) is 11.3. The van der Waals surface area contributed by atoms with Crippen LogP contribution < -0.4 is 20.1 Å². The third-order valence-electron chi connectivity index (χ3n) is 5.41. The first-order chi connectivity index (χ1) is 17.2. The van der Waals surface area contributed by atoms with Gasteiger partial charge in [0.05, 0.1) is 17.8 Å². The minimum Gasteiger partial charge on any atom is -0.491 e. The Bertz CT molecular complexity index is 1130. The van der Waals surface area contributed by atoms with E-state index in [0.29, 0.717) is 29.8 Å². The lowest BCUT2D eigenvalue weighted by atomic mass is 9.91.